The van der Waals surface area contributed by atoms with Crippen LogP contribution in [-0.2, 0) is 24.4 Å². The predicted molar refractivity (Wildman–Crippen MR) is 101 cm³/mol. The molecule has 1 aromatic heterocycles. The van der Waals surface area contributed by atoms with Crippen molar-refractivity contribution in [2.24, 2.45) is 5.92 Å². The molecule has 0 aromatic carbocycles. The van der Waals surface area contributed by atoms with Crippen LogP contribution in [0, 0.1) is 5.92 Å². The third-order valence-electron chi connectivity index (χ3n) is 5.38. The molecule has 1 aromatic rings. The average molecular weight is 364 g/mol. The van der Waals surface area contributed by atoms with Gasteiger partial charge in [-0.05, 0) is 31.9 Å². The van der Waals surface area contributed by atoms with Gasteiger partial charge in [-0.3, -0.25) is 9.58 Å². The Balaban J connectivity index is 1.48. The summed E-state index contributed by atoms with van der Waals surface area (Å²) in [6, 6.07) is 2.16. The van der Waals surface area contributed by atoms with Gasteiger partial charge >= 0.3 is 6.03 Å². The molecule has 2 aliphatic heterocycles. The highest BCUT2D eigenvalue weighted by Crippen LogP contribution is 2.17. The zero-order valence-electron chi connectivity index (χ0n) is 16.2. The SMILES string of the molecule is CCCCN1CCn2nc(CNC(=O)N3CCC[C@@H](COC)C3)cc2C1. The van der Waals surface area contributed by atoms with Crippen molar-refractivity contribution >= 4 is 6.03 Å². The van der Waals surface area contributed by atoms with E-state index in [1.54, 1.807) is 7.11 Å². The summed E-state index contributed by atoms with van der Waals surface area (Å²) in [6.45, 7) is 9.20. The van der Waals surface area contributed by atoms with Crippen LogP contribution in [0.25, 0.3) is 0 Å². The van der Waals surface area contributed by atoms with Crippen LogP contribution >= 0.6 is 0 Å². The Morgan fingerprint density at radius 2 is 2.27 bits per heavy atom. The van der Waals surface area contributed by atoms with Crippen LogP contribution < -0.4 is 5.32 Å². The van der Waals surface area contributed by atoms with E-state index in [1.165, 1.54) is 18.5 Å². The van der Waals surface area contributed by atoms with Crippen molar-refractivity contribution in [2.75, 3.05) is 39.9 Å². The van der Waals surface area contributed by atoms with E-state index in [0.29, 0.717) is 12.5 Å². The first-order valence-corrected chi connectivity index (χ1v) is 9.99. The van der Waals surface area contributed by atoms with Crippen molar-refractivity contribution in [1.82, 2.24) is 24.9 Å². The Morgan fingerprint density at radius 3 is 3.08 bits per heavy atom. The number of carbonyl (C=O) groups excluding carboxylic acids is 1. The van der Waals surface area contributed by atoms with E-state index in [4.69, 9.17) is 4.74 Å². The number of likely N-dealkylation sites (tertiary alicyclic amines) is 1. The number of hydrogen-bond acceptors (Lipinski definition) is 4. The van der Waals surface area contributed by atoms with Gasteiger partial charge < -0.3 is 15.0 Å². The Hall–Kier alpha value is -1.60. The monoisotopic (exact) mass is 363 g/mol. The van der Waals surface area contributed by atoms with Crippen LogP contribution in [0.2, 0.25) is 0 Å². The summed E-state index contributed by atoms with van der Waals surface area (Å²) >= 11 is 0. The summed E-state index contributed by atoms with van der Waals surface area (Å²) in [5, 5.41) is 7.71. The van der Waals surface area contributed by atoms with Crippen LogP contribution in [0.15, 0.2) is 6.07 Å². The Morgan fingerprint density at radius 1 is 1.38 bits per heavy atom. The van der Waals surface area contributed by atoms with Crippen molar-refractivity contribution < 1.29 is 9.53 Å². The molecule has 0 radical (unpaired) electrons. The molecule has 3 rings (SSSR count). The van der Waals surface area contributed by atoms with E-state index >= 15 is 0 Å². The van der Waals surface area contributed by atoms with Crippen molar-refractivity contribution in [3.05, 3.63) is 17.5 Å². The number of aromatic nitrogens is 2. The van der Waals surface area contributed by atoms with E-state index < -0.39 is 0 Å². The number of hydrogen-bond donors (Lipinski definition) is 1. The average Bonchev–Trinajstić information content (AvgIpc) is 3.07. The second kappa shape index (κ2) is 9.37. The van der Waals surface area contributed by atoms with Gasteiger partial charge in [0, 0.05) is 39.2 Å². The molecule has 0 saturated carbocycles. The Labute approximate surface area is 156 Å². The number of fused-ring (bicyclic) bond motifs is 1. The largest absolute Gasteiger partial charge is 0.384 e. The molecule has 1 N–H and O–H groups in total. The van der Waals surface area contributed by atoms with Gasteiger partial charge in [-0.1, -0.05) is 13.3 Å². The fourth-order valence-electron chi connectivity index (χ4n) is 3.94. The van der Waals surface area contributed by atoms with Gasteiger partial charge in [-0.2, -0.15) is 5.10 Å². The second-order valence-corrected chi connectivity index (χ2v) is 7.55. The fourth-order valence-corrected chi connectivity index (χ4v) is 3.94. The lowest BCUT2D eigenvalue weighted by atomic mass is 9.99. The summed E-state index contributed by atoms with van der Waals surface area (Å²) in [4.78, 5) is 16.9. The lowest BCUT2D eigenvalue weighted by Crippen LogP contribution is -2.46. The van der Waals surface area contributed by atoms with Crippen molar-refractivity contribution in [2.45, 2.75) is 52.2 Å². The van der Waals surface area contributed by atoms with Crippen LogP contribution in [0.4, 0.5) is 4.79 Å². The van der Waals surface area contributed by atoms with Gasteiger partial charge in [0.1, 0.15) is 0 Å². The molecule has 7 heteroatoms. The topological polar surface area (TPSA) is 62.6 Å². The molecule has 2 amide bonds. The third kappa shape index (κ3) is 4.98. The molecular formula is C19H33N5O2. The molecule has 1 atom stereocenters. The summed E-state index contributed by atoms with van der Waals surface area (Å²) in [6.07, 6.45) is 4.67. The number of urea groups is 1. The van der Waals surface area contributed by atoms with Gasteiger partial charge in [0.2, 0.25) is 0 Å². The predicted octanol–water partition coefficient (Wildman–Crippen LogP) is 2.07. The van der Waals surface area contributed by atoms with E-state index in [1.807, 2.05) is 4.90 Å². The minimum absolute atomic E-state index is 0.0151. The lowest BCUT2D eigenvalue weighted by molar-refractivity contribution is 0.100. The summed E-state index contributed by atoms with van der Waals surface area (Å²) in [5.41, 5.74) is 2.21. The third-order valence-corrected chi connectivity index (χ3v) is 5.38. The number of amides is 2. The highest BCUT2D eigenvalue weighted by atomic mass is 16.5. The van der Waals surface area contributed by atoms with Crippen molar-refractivity contribution in [3.63, 3.8) is 0 Å². The number of unbranched alkanes of at least 4 members (excludes halogenated alkanes) is 1. The van der Waals surface area contributed by atoms with Crippen LogP contribution in [0.3, 0.4) is 0 Å². The summed E-state index contributed by atoms with van der Waals surface area (Å²) < 4.78 is 7.34. The normalized spacial score (nSPS) is 20.8. The van der Waals surface area contributed by atoms with E-state index in [2.05, 4.69) is 33.0 Å². The molecular weight excluding hydrogens is 330 g/mol. The van der Waals surface area contributed by atoms with E-state index in [-0.39, 0.29) is 6.03 Å². The minimum atomic E-state index is 0.0151. The molecule has 0 spiro atoms. The minimum Gasteiger partial charge on any atom is -0.384 e. The number of nitrogens with one attached hydrogen (secondary N) is 1. The molecule has 1 fully saturated rings. The maximum atomic E-state index is 12.5. The molecule has 3 heterocycles. The molecule has 1 saturated heterocycles. The number of nitrogens with zero attached hydrogens (tertiary/aromatic N) is 4. The quantitative estimate of drug-likeness (QED) is 0.806. The van der Waals surface area contributed by atoms with Crippen LogP contribution in [-0.4, -0.2) is 65.5 Å². The maximum absolute atomic E-state index is 12.5. The first kappa shape index (κ1) is 19.2. The highest BCUT2D eigenvalue weighted by molar-refractivity contribution is 5.74. The molecule has 2 aliphatic rings. The fraction of sp³-hybridized carbons (Fsp3) is 0.789. The smallest absolute Gasteiger partial charge is 0.317 e. The van der Waals surface area contributed by atoms with E-state index in [9.17, 15) is 4.79 Å². The van der Waals surface area contributed by atoms with Crippen LogP contribution in [0.5, 0.6) is 0 Å². The Kier molecular flexibility index (Phi) is 6.91. The van der Waals surface area contributed by atoms with Crippen LogP contribution in [0.1, 0.15) is 44.0 Å². The summed E-state index contributed by atoms with van der Waals surface area (Å²) in [5.74, 6) is 0.452. The molecule has 7 nitrogen and oxygen atoms in total. The zero-order chi connectivity index (χ0) is 18.4. The molecule has 0 aliphatic carbocycles. The van der Waals surface area contributed by atoms with Gasteiger partial charge in [0.05, 0.1) is 31.1 Å². The van der Waals surface area contributed by atoms with Crippen molar-refractivity contribution in [1.29, 1.82) is 0 Å². The Bertz CT molecular complexity index is 586. The van der Waals surface area contributed by atoms with Gasteiger partial charge in [0.25, 0.3) is 0 Å². The number of carbonyl (C=O) groups is 1. The lowest BCUT2D eigenvalue weighted by Gasteiger charge is -2.32. The zero-order valence-corrected chi connectivity index (χ0v) is 16.2. The van der Waals surface area contributed by atoms with Gasteiger partial charge in [0.15, 0.2) is 0 Å². The number of piperidine rings is 1. The molecule has 146 valence electrons. The standard InChI is InChI=1S/C19H33N5O2/c1-3-4-7-22-9-10-24-18(14-22)11-17(21-24)12-20-19(25)23-8-5-6-16(13-23)15-26-2/h11,16H,3-10,12-15H2,1-2H3,(H,20,25)/t16-/m1/s1. The van der Waals surface area contributed by atoms with E-state index in [0.717, 1.165) is 64.4 Å². The highest BCUT2D eigenvalue weighted by Gasteiger charge is 2.24. The molecule has 0 unspecified atom stereocenters. The molecule has 26 heavy (non-hydrogen) atoms. The first-order chi connectivity index (χ1) is 12.7. The van der Waals surface area contributed by atoms with Gasteiger partial charge in [-0.15, -0.1) is 0 Å². The van der Waals surface area contributed by atoms with Crippen molar-refractivity contribution in [3.8, 4) is 0 Å². The number of rotatable bonds is 7. The second-order valence-electron chi connectivity index (χ2n) is 7.55. The number of methoxy groups -OCH3 is 1. The maximum Gasteiger partial charge on any atom is 0.317 e. The molecule has 0 bridgehead atoms. The van der Waals surface area contributed by atoms with Gasteiger partial charge in [-0.25, -0.2) is 4.79 Å². The number of ether oxygens (including phenoxy) is 1. The first-order valence-electron chi connectivity index (χ1n) is 9.99. The summed E-state index contributed by atoms with van der Waals surface area (Å²) in [7, 11) is 1.73.